The highest BCUT2D eigenvalue weighted by molar-refractivity contribution is 5.68. The lowest BCUT2D eigenvalue weighted by Gasteiger charge is -2.10. The summed E-state index contributed by atoms with van der Waals surface area (Å²) in [6, 6.07) is 6.60. The van der Waals surface area contributed by atoms with Gasteiger partial charge in [0.15, 0.2) is 0 Å². The highest BCUT2D eigenvalue weighted by Crippen LogP contribution is 2.23. The first-order valence-corrected chi connectivity index (χ1v) is 4.77. The van der Waals surface area contributed by atoms with Crippen molar-refractivity contribution in [3.8, 4) is 5.75 Å². The number of benzene rings is 1. The number of carbonyl (C=O) groups is 1. The molecule has 2 N–H and O–H groups in total. The number of rotatable bonds is 4. The summed E-state index contributed by atoms with van der Waals surface area (Å²) in [5, 5.41) is 17.9. The van der Waals surface area contributed by atoms with E-state index in [1.54, 1.807) is 24.3 Å². The van der Waals surface area contributed by atoms with Crippen LogP contribution in [0.2, 0.25) is 0 Å². The van der Waals surface area contributed by atoms with Crippen molar-refractivity contribution >= 4 is 5.97 Å². The number of aromatic hydroxyl groups is 1. The zero-order chi connectivity index (χ0) is 11.3. The lowest BCUT2D eigenvalue weighted by molar-refractivity contribution is -0.137. The summed E-state index contributed by atoms with van der Waals surface area (Å²) in [6.45, 7) is 1.86. The lowest BCUT2D eigenvalue weighted by Crippen LogP contribution is -2.03. The highest BCUT2D eigenvalue weighted by atomic mass is 16.4. The molecule has 0 bridgehead atoms. The minimum absolute atomic E-state index is 0.0646. The van der Waals surface area contributed by atoms with Crippen LogP contribution in [0.4, 0.5) is 0 Å². The average Bonchev–Trinajstić information content (AvgIpc) is 2.17. The number of phenolic OH excluding ortho intramolecular Hbond substituents is 1. The monoisotopic (exact) mass is 206 g/mol. The van der Waals surface area contributed by atoms with Gasteiger partial charge in [0.1, 0.15) is 5.75 Å². The Hall–Kier alpha value is -1.77. The maximum atomic E-state index is 10.6. The van der Waals surface area contributed by atoms with E-state index in [0.29, 0.717) is 0 Å². The third-order valence-corrected chi connectivity index (χ3v) is 2.14. The molecule has 1 aromatic carbocycles. The first-order valence-electron chi connectivity index (χ1n) is 4.77. The molecule has 0 fully saturated rings. The van der Waals surface area contributed by atoms with Gasteiger partial charge in [-0.25, -0.2) is 0 Å². The van der Waals surface area contributed by atoms with Gasteiger partial charge in [0.2, 0.25) is 0 Å². The maximum absolute atomic E-state index is 10.6. The van der Waals surface area contributed by atoms with E-state index in [1.807, 2.05) is 19.1 Å². The summed E-state index contributed by atoms with van der Waals surface area (Å²) in [7, 11) is 0. The summed E-state index contributed by atoms with van der Waals surface area (Å²) in [5.41, 5.74) is 0.897. The second kappa shape index (κ2) is 5.20. The molecule has 1 atom stereocenters. The van der Waals surface area contributed by atoms with E-state index in [-0.39, 0.29) is 18.1 Å². The van der Waals surface area contributed by atoms with Crippen LogP contribution in [0.1, 0.15) is 24.8 Å². The third kappa shape index (κ3) is 3.46. The van der Waals surface area contributed by atoms with Crippen LogP contribution in [0, 0.1) is 0 Å². The largest absolute Gasteiger partial charge is 0.508 e. The molecule has 0 heterocycles. The second-order valence-electron chi connectivity index (χ2n) is 3.32. The van der Waals surface area contributed by atoms with Gasteiger partial charge in [0.05, 0.1) is 6.42 Å². The lowest BCUT2D eigenvalue weighted by atomic mass is 9.95. The van der Waals surface area contributed by atoms with Crippen LogP contribution in [0.3, 0.4) is 0 Å². The average molecular weight is 206 g/mol. The number of carboxylic acids is 1. The summed E-state index contributed by atoms with van der Waals surface area (Å²) in [6.07, 6.45) is 3.75. The molecule has 0 aliphatic heterocycles. The number of hydrogen-bond acceptors (Lipinski definition) is 2. The predicted octanol–water partition coefficient (Wildman–Crippen LogP) is 2.53. The van der Waals surface area contributed by atoms with Crippen molar-refractivity contribution in [2.45, 2.75) is 19.3 Å². The van der Waals surface area contributed by atoms with Crippen molar-refractivity contribution in [2.75, 3.05) is 0 Å². The summed E-state index contributed by atoms with van der Waals surface area (Å²) in [5.74, 6) is -0.771. The van der Waals surface area contributed by atoms with Crippen LogP contribution in [0.5, 0.6) is 5.75 Å². The molecule has 15 heavy (non-hydrogen) atoms. The molecule has 0 aromatic heterocycles. The minimum atomic E-state index is -0.828. The van der Waals surface area contributed by atoms with Crippen molar-refractivity contribution in [1.29, 1.82) is 0 Å². The normalized spacial score (nSPS) is 12.9. The van der Waals surface area contributed by atoms with Crippen LogP contribution in [-0.4, -0.2) is 16.2 Å². The molecule has 0 saturated heterocycles. The first kappa shape index (κ1) is 11.3. The molecule has 0 aliphatic rings. The Bertz CT molecular complexity index is 352. The first-order chi connectivity index (χ1) is 7.13. The van der Waals surface area contributed by atoms with Crippen molar-refractivity contribution in [3.05, 3.63) is 42.0 Å². The molecule has 0 unspecified atom stereocenters. The molecule has 0 spiro atoms. The Morgan fingerprint density at radius 2 is 2.00 bits per heavy atom. The zero-order valence-electron chi connectivity index (χ0n) is 8.55. The molecular weight excluding hydrogens is 192 g/mol. The van der Waals surface area contributed by atoms with E-state index in [9.17, 15) is 4.79 Å². The molecular formula is C12H14O3. The fourth-order valence-corrected chi connectivity index (χ4v) is 1.44. The molecule has 0 radical (unpaired) electrons. The van der Waals surface area contributed by atoms with Crippen LogP contribution < -0.4 is 0 Å². The van der Waals surface area contributed by atoms with Gasteiger partial charge in [-0.15, -0.1) is 0 Å². The van der Waals surface area contributed by atoms with Gasteiger partial charge >= 0.3 is 5.97 Å². The smallest absolute Gasteiger partial charge is 0.304 e. The fraction of sp³-hybridized carbons (Fsp3) is 0.250. The molecule has 0 saturated carbocycles. The highest BCUT2D eigenvalue weighted by Gasteiger charge is 2.11. The molecule has 3 nitrogen and oxygen atoms in total. The van der Waals surface area contributed by atoms with Gasteiger partial charge < -0.3 is 10.2 Å². The SMILES string of the molecule is CC=C[C@@H](CC(=O)O)c1ccc(O)cc1. The standard InChI is InChI=1S/C12H14O3/c1-2-3-10(8-12(14)15)9-4-6-11(13)7-5-9/h2-7,10,13H,8H2,1H3,(H,14,15)/t10-/m0/s1. The molecule has 80 valence electrons. The van der Waals surface area contributed by atoms with E-state index in [2.05, 4.69) is 0 Å². The van der Waals surface area contributed by atoms with Gasteiger partial charge in [-0.05, 0) is 24.6 Å². The van der Waals surface area contributed by atoms with Crippen molar-refractivity contribution in [2.24, 2.45) is 0 Å². The van der Waals surface area contributed by atoms with Crippen LogP contribution >= 0.6 is 0 Å². The van der Waals surface area contributed by atoms with Crippen LogP contribution in [-0.2, 0) is 4.79 Å². The number of phenols is 1. The van der Waals surface area contributed by atoms with E-state index >= 15 is 0 Å². The van der Waals surface area contributed by atoms with Gasteiger partial charge in [0, 0.05) is 5.92 Å². The minimum Gasteiger partial charge on any atom is -0.508 e. The van der Waals surface area contributed by atoms with Gasteiger partial charge in [-0.3, -0.25) is 4.79 Å². The molecule has 3 heteroatoms. The van der Waals surface area contributed by atoms with E-state index in [4.69, 9.17) is 10.2 Å². The van der Waals surface area contributed by atoms with Crippen LogP contribution in [0.25, 0.3) is 0 Å². The summed E-state index contributed by atoms with van der Waals surface area (Å²) in [4.78, 5) is 10.6. The Balaban J connectivity index is 2.88. The number of carboxylic acid groups (broad SMARTS) is 1. The van der Waals surface area contributed by atoms with Crippen LogP contribution in [0.15, 0.2) is 36.4 Å². The summed E-state index contributed by atoms with van der Waals surface area (Å²) < 4.78 is 0. The van der Waals surface area contributed by atoms with E-state index in [1.165, 1.54) is 0 Å². The quantitative estimate of drug-likeness (QED) is 0.744. The van der Waals surface area contributed by atoms with Gasteiger partial charge in [-0.1, -0.05) is 24.3 Å². The predicted molar refractivity (Wildman–Crippen MR) is 57.9 cm³/mol. The Kier molecular flexibility index (Phi) is 3.92. The zero-order valence-corrected chi connectivity index (χ0v) is 8.55. The summed E-state index contributed by atoms with van der Waals surface area (Å²) >= 11 is 0. The molecule has 1 rings (SSSR count). The number of hydrogen-bond donors (Lipinski definition) is 2. The maximum Gasteiger partial charge on any atom is 0.304 e. The fourth-order valence-electron chi connectivity index (χ4n) is 1.44. The molecule has 0 amide bonds. The molecule has 0 aliphatic carbocycles. The van der Waals surface area contributed by atoms with Crippen molar-refractivity contribution in [3.63, 3.8) is 0 Å². The topological polar surface area (TPSA) is 57.5 Å². The Morgan fingerprint density at radius 3 is 2.47 bits per heavy atom. The van der Waals surface area contributed by atoms with Crippen molar-refractivity contribution < 1.29 is 15.0 Å². The van der Waals surface area contributed by atoms with Crippen molar-refractivity contribution in [1.82, 2.24) is 0 Å². The third-order valence-electron chi connectivity index (χ3n) is 2.14. The van der Waals surface area contributed by atoms with E-state index < -0.39 is 5.97 Å². The Morgan fingerprint density at radius 1 is 1.40 bits per heavy atom. The second-order valence-corrected chi connectivity index (χ2v) is 3.32. The number of aliphatic carboxylic acids is 1. The van der Waals surface area contributed by atoms with Gasteiger partial charge in [-0.2, -0.15) is 0 Å². The number of allylic oxidation sites excluding steroid dienone is 2. The molecule has 1 aromatic rings. The van der Waals surface area contributed by atoms with Gasteiger partial charge in [0.25, 0.3) is 0 Å². The van der Waals surface area contributed by atoms with E-state index in [0.717, 1.165) is 5.56 Å². The Labute approximate surface area is 88.7 Å².